The fraction of sp³-hybridized carbons (Fsp3) is 0.394. The van der Waals surface area contributed by atoms with Gasteiger partial charge in [-0.15, -0.1) is 0 Å². The molecule has 0 bridgehead atoms. The third-order valence-electron chi connectivity index (χ3n) is 7.66. The summed E-state index contributed by atoms with van der Waals surface area (Å²) >= 11 is 0. The van der Waals surface area contributed by atoms with Gasteiger partial charge in [-0.05, 0) is 49.2 Å². The number of carboxylic acids is 1. The molecule has 3 aromatic rings. The number of carbonyl (C=O) groups is 2. The van der Waals surface area contributed by atoms with Gasteiger partial charge in [-0.2, -0.15) is 0 Å². The van der Waals surface area contributed by atoms with Crippen LogP contribution in [0.3, 0.4) is 0 Å². The molecule has 0 radical (unpaired) electrons. The lowest BCUT2D eigenvalue weighted by Gasteiger charge is -2.39. The minimum Gasteiger partial charge on any atom is -0.481 e. The molecular formula is C33H40N2O7. The van der Waals surface area contributed by atoms with E-state index in [0.29, 0.717) is 18.7 Å². The molecule has 1 fully saturated rings. The Hall–Kier alpha value is -3.60. The summed E-state index contributed by atoms with van der Waals surface area (Å²) in [4.78, 5) is 25.0. The molecule has 1 heterocycles. The van der Waals surface area contributed by atoms with Gasteiger partial charge >= 0.3 is 5.97 Å². The first-order chi connectivity index (χ1) is 20.2. The summed E-state index contributed by atoms with van der Waals surface area (Å²) in [7, 11) is 1.98. The van der Waals surface area contributed by atoms with Gasteiger partial charge in [0.15, 0.2) is 6.29 Å². The van der Waals surface area contributed by atoms with Crippen molar-refractivity contribution in [1.29, 1.82) is 0 Å². The van der Waals surface area contributed by atoms with Crippen LogP contribution in [0.2, 0.25) is 0 Å². The van der Waals surface area contributed by atoms with E-state index in [1.54, 1.807) is 12.1 Å². The van der Waals surface area contributed by atoms with Gasteiger partial charge in [-0.25, -0.2) is 0 Å². The zero-order valence-electron chi connectivity index (χ0n) is 24.1. The topological polar surface area (TPSA) is 129 Å². The fourth-order valence-electron chi connectivity index (χ4n) is 5.04. The number of aliphatic hydroxyl groups is 2. The number of anilines is 1. The maximum Gasteiger partial charge on any atom is 0.303 e. The highest BCUT2D eigenvalue weighted by atomic mass is 16.7. The Morgan fingerprint density at radius 3 is 2.26 bits per heavy atom. The molecule has 9 heteroatoms. The molecule has 0 spiro atoms. The van der Waals surface area contributed by atoms with Gasteiger partial charge < -0.3 is 30.1 Å². The van der Waals surface area contributed by atoms with Crippen LogP contribution in [0.4, 0.5) is 5.69 Å². The van der Waals surface area contributed by atoms with E-state index in [1.165, 1.54) is 0 Å². The highest BCUT2D eigenvalue weighted by Gasteiger charge is 2.34. The Labute approximate surface area is 246 Å². The Morgan fingerprint density at radius 1 is 0.952 bits per heavy atom. The van der Waals surface area contributed by atoms with Crippen molar-refractivity contribution in [2.45, 2.75) is 69.9 Å². The average Bonchev–Trinajstić information content (AvgIpc) is 3.00. The van der Waals surface area contributed by atoms with E-state index in [9.17, 15) is 19.8 Å². The normalized spacial score (nSPS) is 20.2. The molecule has 1 aliphatic rings. The molecule has 224 valence electrons. The molecule has 0 aliphatic carbocycles. The summed E-state index contributed by atoms with van der Waals surface area (Å²) in [6.45, 7) is 2.53. The number of carbonyl (C=O) groups excluding carboxylic acids is 1. The second-order valence-corrected chi connectivity index (χ2v) is 10.8. The van der Waals surface area contributed by atoms with Crippen LogP contribution in [-0.2, 0) is 25.7 Å². The largest absolute Gasteiger partial charge is 0.481 e. The molecule has 9 nitrogen and oxygen atoms in total. The first-order valence-corrected chi connectivity index (χ1v) is 14.3. The van der Waals surface area contributed by atoms with Crippen LogP contribution in [0, 0.1) is 0 Å². The van der Waals surface area contributed by atoms with Crippen LogP contribution >= 0.6 is 0 Å². The summed E-state index contributed by atoms with van der Waals surface area (Å²) in [6.07, 6.45) is -0.791. The number of nitrogens with zero attached hydrogens (tertiary/aromatic N) is 1. The smallest absolute Gasteiger partial charge is 0.303 e. The maximum atomic E-state index is 12.2. The second-order valence-electron chi connectivity index (χ2n) is 10.8. The number of benzene rings is 3. The Balaban J connectivity index is 1.46. The maximum absolute atomic E-state index is 12.2. The quantitative estimate of drug-likeness (QED) is 0.225. The van der Waals surface area contributed by atoms with Crippen molar-refractivity contribution < 1.29 is 34.4 Å². The Kier molecular flexibility index (Phi) is 11.2. The SMILES string of the molecule is C[C@@H]([C@H](O)c1ccccc1)N(C)C[C@H]1C[C@@H](c2ccc(CO)cc2)O[C@@H](c2ccc(NC(=O)CCCC(=O)O)cc2)O1. The third-order valence-corrected chi connectivity index (χ3v) is 7.66. The predicted octanol–water partition coefficient (Wildman–Crippen LogP) is 4.97. The summed E-state index contributed by atoms with van der Waals surface area (Å²) < 4.78 is 12.9. The number of likely N-dealkylation sites (N-methyl/N-ethyl adjacent to an activating group) is 1. The number of hydrogen-bond acceptors (Lipinski definition) is 7. The van der Waals surface area contributed by atoms with Crippen molar-refractivity contribution in [1.82, 2.24) is 4.90 Å². The number of ether oxygens (including phenoxy) is 2. The molecule has 1 saturated heterocycles. The van der Waals surface area contributed by atoms with E-state index in [1.807, 2.05) is 80.7 Å². The minimum atomic E-state index is -0.923. The molecule has 4 rings (SSSR count). The lowest BCUT2D eigenvalue weighted by atomic mass is 9.98. The number of hydrogen-bond donors (Lipinski definition) is 4. The molecular weight excluding hydrogens is 536 g/mol. The molecule has 42 heavy (non-hydrogen) atoms. The monoisotopic (exact) mass is 576 g/mol. The van der Waals surface area contributed by atoms with Gasteiger partial charge in [0.05, 0.1) is 24.9 Å². The molecule has 5 atom stereocenters. The zero-order chi connectivity index (χ0) is 30.1. The molecule has 1 amide bonds. The minimum absolute atomic E-state index is 0.0327. The summed E-state index contributed by atoms with van der Waals surface area (Å²) in [6, 6.07) is 24.4. The van der Waals surface area contributed by atoms with Crippen LogP contribution < -0.4 is 5.32 Å². The van der Waals surface area contributed by atoms with Gasteiger partial charge in [-0.3, -0.25) is 14.5 Å². The molecule has 3 aromatic carbocycles. The van der Waals surface area contributed by atoms with Crippen molar-refractivity contribution in [3.8, 4) is 0 Å². The predicted molar refractivity (Wildman–Crippen MR) is 158 cm³/mol. The molecule has 4 N–H and O–H groups in total. The van der Waals surface area contributed by atoms with Crippen molar-refractivity contribution >= 4 is 17.6 Å². The van der Waals surface area contributed by atoms with E-state index >= 15 is 0 Å². The standard InChI is InChI=1S/C33H40N2O7/c1-22(32(40)25-7-4-3-5-8-25)35(2)20-28-19-29(24-13-11-23(21-36)12-14-24)42-33(41-28)26-15-17-27(18-16-26)34-30(37)9-6-10-31(38)39/h3-5,7-8,11-18,22,28-29,32-33,36,40H,6,9-10,19-21H2,1-2H3,(H,34,37)(H,38,39)/t22-,28+,29-,32-,33-/m0/s1. The Bertz CT molecular complexity index is 1280. The molecule has 0 aromatic heterocycles. The van der Waals surface area contributed by atoms with E-state index in [4.69, 9.17) is 14.6 Å². The Morgan fingerprint density at radius 2 is 1.62 bits per heavy atom. The van der Waals surface area contributed by atoms with Crippen molar-refractivity contribution in [3.63, 3.8) is 0 Å². The number of aliphatic carboxylic acids is 1. The lowest BCUT2D eigenvalue weighted by Crippen LogP contribution is -2.43. The number of rotatable bonds is 13. The van der Waals surface area contributed by atoms with Crippen LogP contribution in [0.1, 0.15) is 73.4 Å². The van der Waals surface area contributed by atoms with E-state index in [-0.39, 0.29) is 50.0 Å². The lowest BCUT2D eigenvalue weighted by molar-refractivity contribution is -0.253. The molecule has 0 saturated carbocycles. The number of aliphatic hydroxyl groups excluding tert-OH is 2. The third kappa shape index (κ3) is 8.70. The van der Waals surface area contributed by atoms with E-state index in [2.05, 4.69) is 10.2 Å². The second kappa shape index (κ2) is 15.0. The number of nitrogens with one attached hydrogen (secondary N) is 1. The van der Waals surface area contributed by atoms with Crippen molar-refractivity contribution in [3.05, 3.63) is 101 Å². The van der Waals surface area contributed by atoms with Crippen LogP contribution in [0.15, 0.2) is 78.9 Å². The first-order valence-electron chi connectivity index (χ1n) is 14.3. The van der Waals surface area contributed by atoms with Crippen LogP contribution in [0.5, 0.6) is 0 Å². The summed E-state index contributed by atoms with van der Waals surface area (Å²) in [5.41, 5.74) is 4.06. The van der Waals surface area contributed by atoms with E-state index < -0.39 is 18.4 Å². The average molecular weight is 577 g/mol. The highest BCUT2D eigenvalue weighted by molar-refractivity contribution is 5.90. The van der Waals surface area contributed by atoms with Crippen molar-refractivity contribution in [2.75, 3.05) is 18.9 Å². The van der Waals surface area contributed by atoms with Gasteiger partial charge in [0.1, 0.15) is 0 Å². The van der Waals surface area contributed by atoms with Gasteiger partial charge in [-0.1, -0.05) is 66.7 Å². The summed E-state index contributed by atoms with van der Waals surface area (Å²) in [5.74, 6) is -1.16. The number of amides is 1. The molecule has 1 aliphatic heterocycles. The molecule has 0 unspecified atom stereocenters. The fourth-order valence-corrected chi connectivity index (χ4v) is 5.04. The van der Waals surface area contributed by atoms with Crippen molar-refractivity contribution in [2.24, 2.45) is 0 Å². The zero-order valence-corrected chi connectivity index (χ0v) is 24.1. The van der Waals surface area contributed by atoms with Gasteiger partial charge in [0, 0.05) is 43.1 Å². The highest BCUT2D eigenvalue weighted by Crippen LogP contribution is 2.38. The summed E-state index contributed by atoms with van der Waals surface area (Å²) in [5, 5.41) is 32.0. The first kappa shape index (κ1) is 31.3. The van der Waals surface area contributed by atoms with Gasteiger partial charge in [0.2, 0.25) is 5.91 Å². The van der Waals surface area contributed by atoms with E-state index in [0.717, 1.165) is 22.3 Å². The van der Waals surface area contributed by atoms with Crippen LogP contribution in [-0.4, -0.2) is 57.8 Å². The van der Waals surface area contributed by atoms with Gasteiger partial charge in [0.25, 0.3) is 0 Å². The van der Waals surface area contributed by atoms with Crippen LogP contribution in [0.25, 0.3) is 0 Å². The number of carboxylic acid groups (broad SMARTS) is 1.